The third-order valence-corrected chi connectivity index (χ3v) is 1.62. The highest BCUT2D eigenvalue weighted by Crippen LogP contribution is 2.04. The maximum absolute atomic E-state index is 10.9. The molecule has 0 heterocycles. The van der Waals surface area contributed by atoms with Gasteiger partial charge in [0.1, 0.15) is 12.7 Å². The number of carbonyl (C=O) groups is 1. The smallest absolute Gasteiger partial charge is 0.186 e. The molecule has 0 fully saturated rings. The zero-order valence-electron chi connectivity index (χ0n) is 7.17. The number of Topliss-reactive ketones (excluding diaryl/α,β-unsaturated/α-hetero) is 1. The van der Waals surface area contributed by atoms with Crippen LogP contribution in [-0.2, 0) is 9.53 Å². The maximum atomic E-state index is 10.9. The Morgan fingerprint density at radius 2 is 2.27 bits per heavy atom. The standard InChI is InChI=1S/C8H16O3/c1-3-4-5-8(11-2)7(10)6-9/h8-9H,3-6H2,1-2H3. The molecule has 0 aromatic heterocycles. The quantitative estimate of drug-likeness (QED) is 0.623. The molecular formula is C8H16O3. The van der Waals surface area contributed by atoms with E-state index in [1.54, 1.807) is 0 Å². The van der Waals surface area contributed by atoms with Crippen molar-refractivity contribution in [1.29, 1.82) is 0 Å². The van der Waals surface area contributed by atoms with E-state index in [9.17, 15) is 4.79 Å². The van der Waals surface area contributed by atoms with Crippen molar-refractivity contribution < 1.29 is 14.6 Å². The van der Waals surface area contributed by atoms with Gasteiger partial charge in [0, 0.05) is 7.11 Å². The van der Waals surface area contributed by atoms with Crippen molar-refractivity contribution in [3.05, 3.63) is 0 Å². The predicted octanol–water partition coefficient (Wildman–Crippen LogP) is 0.753. The van der Waals surface area contributed by atoms with Gasteiger partial charge < -0.3 is 9.84 Å². The summed E-state index contributed by atoms with van der Waals surface area (Å²) >= 11 is 0. The van der Waals surface area contributed by atoms with Crippen LogP contribution in [0.25, 0.3) is 0 Å². The van der Waals surface area contributed by atoms with Crippen LogP contribution in [0.3, 0.4) is 0 Å². The Balaban J connectivity index is 3.65. The third kappa shape index (κ3) is 4.11. The molecule has 1 unspecified atom stereocenters. The van der Waals surface area contributed by atoms with Gasteiger partial charge in [-0.25, -0.2) is 0 Å². The fourth-order valence-electron chi connectivity index (χ4n) is 0.902. The molecule has 0 bridgehead atoms. The summed E-state index contributed by atoms with van der Waals surface area (Å²) in [6, 6.07) is 0. The number of ether oxygens (including phenoxy) is 1. The normalized spacial score (nSPS) is 13.0. The van der Waals surface area contributed by atoms with Gasteiger partial charge in [0.05, 0.1) is 0 Å². The first kappa shape index (κ1) is 10.6. The third-order valence-electron chi connectivity index (χ3n) is 1.62. The number of aliphatic hydroxyl groups is 1. The van der Waals surface area contributed by atoms with E-state index in [2.05, 4.69) is 6.92 Å². The highest BCUT2D eigenvalue weighted by atomic mass is 16.5. The van der Waals surface area contributed by atoms with E-state index >= 15 is 0 Å². The van der Waals surface area contributed by atoms with Crippen LogP contribution in [0, 0.1) is 0 Å². The number of rotatable bonds is 6. The lowest BCUT2D eigenvalue weighted by molar-refractivity contribution is -0.132. The largest absolute Gasteiger partial charge is 0.388 e. The summed E-state index contributed by atoms with van der Waals surface area (Å²) in [4.78, 5) is 10.9. The van der Waals surface area contributed by atoms with Crippen LogP contribution in [0.4, 0.5) is 0 Å². The summed E-state index contributed by atoms with van der Waals surface area (Å²) in [6.07, 6.45) is 2.31. The van der Waals surface area contributed by atoms with Crippen LogP contribution in [-0.4, -0.2) is 30.7 Å². The lowest BCUT2D eigenvalue weighted by atomic mass is 10.1. The van der Waals surface area contributed by atoms with E-state index in [-0.39, 0.29) is 5.78 Å². The molecule has 0 aromatic rings. The lowest BCUT2D eigenvalue weighted by Crippen LogP contribution is -2.25. The molecule has 0 spiro atoms. The zero-order chi connectivity index (χ0) is 8.69. The first-order valence-electron chi connectivity index (χ1n) is 3.92. The number of hydrogen-bond acceptors (Lipinski definition) is 3. The molecular weight excluding hydrogens is 144 g/mol. The van der Waals surface area contributed by atoms with Crippen LogP contribution < -0.4 is 0 Å². The van der Waals surface area contributed by atoms with E-state index in [0.717, 1.165) is 12.8 Å². The topological polar surface area (TPSA) is 46.5 Å². The maximum Gasteiger partial charge on any atom is 0.186 e. The number of methoxy groups -OCH3 is 1. The molecule has 0 rings (SSSR count). The second-order valence-corrected chi connectivity index (χ2v) is 2.49. The van der Waals surface area contributed by atoms with Gasteiger partial charge in [-0.05, 0) is 6.42 Å². The molecule has 1 N–H and O–H groups in total. The van der Waals surface area contributed by atoms with Gasteiger partial charge in [-0.2, -0.15) is 0 Å². The lowest BCUT2D eigenvalue weighted by Gasteiger charge is -2.11. The number of ketones is 1. The molecule has 11 heavy (non-hydrogen) atoms. The molecule has 0 saturated heterocycles. The summed E-state index contributed by atoms with van der Waals surface area (Å²) in [7, 11) is 1.49. The first-order chi connectivity index (χ1) is 5.26. The SMILES string of the molecule is CCCCC(OC)C(=O)CO. The average molecular weight is 160 g/mol. The van der Waals surface area contributed by atoms with E-state index < -0.39 is 12.7 Å². The Hall–Kier alpha value is -0.410. The first-order valence-corrected chi connectivity index (χ1v) is 3.92. The molecule has 3 nitrogen and oxygen atoms in total. The molecule has 1 atom stereocenters. The molecule has 0 radical (unpaired) electrons. The van der Waals surface area contributed by atoms with E-state index in [4.69, 9.17) is 9.84 Å². The van der Waals surface area contributed by atoms with Crippen LogP contribution in [0.2, 0.25) is 0 Å². The fourth-order valence-corrected chi connectivity index (χ4v) is 0.902. The predicted molar refractivity (Wildman–Crippen MR) is 42.4 cm³/mol. The Kier molecular flexibility index (Phi) is 6.07. The molecule has 66 valence electrons. The van der Waals surface area contributed by atoms with Gasteiger partial charge in [0.2, 0.25) is 0 Å². The number of hydrogen-bond donors (Lipinski definition) is 1. The molecule has 3 heteroatoms. The summed E-state index contributed by atoms with van der Waals surface area (Å²) in [5, 5.41) is 8.51. The van der Waals surface area contributed by atoms with Crippen molar-refractivity contribution >= 4 is 5.78 Å². The minimum Gasteiger partial charge on any atom is -0.388 e. The Morgan fingerprint density at radius 3 is 2.64 bits per heavy atom. The van der Waals surface area contributed by atoms with Crippen molar-refractivity contribution in [2.24, 2.45) is 0 Å². The van der Waals surface area contributed by atoms with Crippen molar-refractivity contribution in [1.82, 2.24) is 0 Å². The number of aliphatic hydroxyl groups excluding tert-OH is 1. The van der Waals surface area contributed by atoms with E-state index in [0.29, 0.717) is 6.42 Å². The van der Waals surface area contributed by atoms with Gasteiger partial charge in [-0.1, -0.05) is 19.8 Å². The van der Waals surface area contributed by atoms with Gasteiger partial charge in [-0.3, -0.25) is 4.79 Å². The molecule has 0 aromatic carbocycles. The van der Waals surface area contributed by atoms with Crippen molar-refractivity contribution in [2.45, 2.75) is 32.3 Å². The van der Waals surface area contributed by atoms with Crippen LogP contribution in [0.15, 0.2) is 0 Å². The van der Waals surface area contributed by atoms with Crippen molar-refractivity contribution in [3.8, 4) is 0 Å². The molecule has 0 aliphatic rings. The Bertz CT molecular complexity index is 112. The fraction of sp³-hybridized carbons (Fsp3) is 0.875. The molecule has 0 amide bonds. The number of carbonyl (C=O) groups excluding carboxylic acids is 1. The summed E-state index contributed by atoms with van der Waals surface area (Å²) in [5.41, 5.74) is 0. The second kappa shape index (κ2) is 6.31. The van der Waals surface area contributed by atoms with Crippen molar-refractivity contribution in [2.75, 3.05) is 13.7 Å². The minimum absolute atomic E-state index is 0.221. The van der Waals surface area contributed by atoms with Crippen LogP contribution >= 0.6 is 0 Å². The highest BCUT2D eigenvalue weighted by Gasteiger charge is 2.14. The van der Waals surface area contributed by atoms with E-state index in [1.807, 2.05) is 0 Å². The van der Waals surface area contributed by atoms with Crippen LogP contribution in [0.5, 0.6) is 0 Å². The van der Waals surface area contributed by atoms with E-state index in [1.165, 1.54) is 7.11 Å². The average Bonchev–Trinajstić information content (AvgIpc) is 2.05. The Labute approximate surface area is 67.4 Å². The highest BCUT2D eigenvalue weighted by molar-refractivity contribution is 5.83. The second-order valence-electron chi connectivity index (χ2n) is 2.49. The molecule has 0 aliphatic heterocycles. The Morgan fingerprint density at radius 1 is 1.64 bits per heavy atom. The van der Waals surface area contributed by atoms with Gasteiger partial charge >= 0.3 is 0 Å². The molecule has 0 saturated carbocycles. The minimum atomic E-state index is -0.414. The monoisotopic (exact) mass is 160 g/mol. The van der Waals surface area contributed by atoms with Crippen LogP contribution in [0.1, 0.15) is 26.2 Å². The summed E-state index contributed by atoms with van der Waals surface area (Å²) in [5.74, 6) is -0.221. The zero-order valence-corrected chi connectivity index (χ0v) is 7.17. The molecule has 0 aliphatic carbocycles. The van der Waals surface area contributed by atoms with Gasteiger partial charge in [-0.15, -0.1) is 0 Å². The number of unbranched alkanes of at least 4 members (excludes halogenated alkanes) is 1. The van der Waals surface area contributed by atoms with Crippen molar-refractivity contribution in [3.63, 3.8) is 0 Å². The van der Waals surface area contributed by atoms with Gasteiger partial charge in [0.15, 0.2) is 5.78 Å². The summed E-state index contributed by atoms with van der Waals surface area (Å²) in [6.45, 7) is 1.64. The summed E-state index contributed by atoms with van der Waals surface area (Å²) < 4.78 is 4.90. The van der Waals surface area contributed by atoms with Gasteiger partial charge in [0.25, 0.3) is 0 Å².